The van der Waals surface area contributed by atoms with E-state index in [0.717, 1.165) is 15.7 Å². The summed E-state index contributed by atoms with van der Waals surface area (Å²) in [4.78, 5) is 11.4. The average Bonchev–Trinajstić information content (AvgIpc) is 2.39. The van der Waals surface area contributed by atoms with Gasteiger partial charge in [0.05, 0.1) is 12.8 Å². The molecule has 1 rings (SSSR count). The van der Waals surface area contributed by atoms with Gasteiger partial charge in [0.15, 0.2) is 0 Å². The van der Waals surface area contributed by atoms with Crippen molar-refractivity contribution >= 4 is 39.2 Å². The Kier molecular flexibility index (Phi) is 6.38. The first-order chi connectivity index (χ1) is 8.99. The second-order valence-electron chi connectivity index (χ2n) is 4.04. The third-order valence-corrected chi connectivity index (χ3v) is 3.78. The number of halogens is 2. The fraction of sp³-hybridized carbons (Fsp3) is 0.357. The molecule has 0 fully saturated rings. The van der Waals surface area contributed by atoms with E-state index < -0.39 is 0 Å². The molecule has 5 heteroatoms. The molecule has 0 aliphatic rings. The van der Waals surface area contributed by atoms with Gasteiger partial charge in [-0.15, -0.1) is 0 Å². The molecule has 1 aromatic rings. The highest BCUT2D eigenvalue weighted by Crippen LogP contribution is 2.29. The molecule has 0 spiro atoms. The summed E-state index contributed by atoms with van der Waals surface area (Å²) in [5, 5.41) is 3.92. The van der Waals surface area contributed by atoms with Crippen molar-refractivity contribution in [1.29, 1.82) is 0 Å². The number of rotatable bonds is 5. The van der Waals surface area contributed by atoms with Gasteiger partial charge in [-0.25, -0.2) is 4.79 Å². The predicted molar refractivity (Wildman–Crippen MR) is 82.8 cm³/mol. The monoisotopic (exact) mass is 345 g/mol. The van der Waals surface area contributed by atoms with Gasteiger partial charge in [0.25, 0.3) is 0 Å². The van der Waals surface area contributed by atoms with Crippen LogP contribution in [-0.2, 0) is 9.53 Å². The van der Waals surface area contributed by atoms with Crippen molar-refractivity contribution in [3.05, 3.63) is 38.8 Å². The number of carbonyl (C=O) groups excluding carboxylic acids is 1. The Balaban J connectivity index is 2.74. The molecule has 0 bridgehead atoms. The third-order valence-electron chi connectivity index (χ3n) is 2.72. The third kappa shape index (κ3) is 4.55. The summed E-state index contributed by atoms with van der Waals surface area (Å²) in [6, 6.07) is 3.81. The van der Waals surface area contributed by atoms with Gasteiger partial charge >= 0.3 is 5.97 Å². The van der Waals surface area contributed by atoms with Crippen LogP contribution in [-0.4, -0.2) is 19.6 Å². The van der Waals surface area contributed by atoms with Crippen LogP contribution in [0, 0.1) is 6.92 Å². The number of anilines is 1. The molecule has 0 radical (unpaired) electrons. The molecule has 3 nitrogen and oxygen atoms in total. The summed E-state index contributed by atoms with van der Waals surface area (Å²) in [7, 11) is 1.38. The summed E-state index contributed by atoms with van der Waals surface area (Å²) in [5.41, 5.74) is 2.56. The first-order valence-corrected chi connectivity index (χ1v) is 7.13. The zero-order valence-electron chi connectivity index (χ0n) is 11.2. The van der Waals surface area contributed by atoms with Crippen LogP contribution in [0.5, 0.6) is 0 Å². The van der Waals surface area contributed by atoms with Crippen molar-refractivity contribution < 1.29 is 9.53 Å². The molecule has 0 heterocycles. The van der Waals surface area contributed by atoms with Crippen molar-refractivity contribution in [2.45, 2.75) is 20.3 Å². The number of benzene rings is 1. The van der Waals surface area contributed by atoms with Crippen LogP contribution in [0.2, 0.25) is 5.02 Å². The Morgan fingerprint density at radius 3 is 2.79 bits per heavy atom. The summed E-state index contributed by atoms with van der Waals surface area (Å²) in [6.07, 6.45) is 2.47. The zero-order valence-corrected chi connectivity index (χ0v) is 13.6. The van der Waals surface area contributed by atoms with Crippen LogP contribution in [0.3, 0.4) is 0 Å². The lowest BCUT2D eigenvalue weighted by Crippen LogP contribution is -2.07. The molecule has 0 atom stereocenters. The topological polar surface area (TPSA) is 38.3 Å². The lowest BCUT2D eigenvalue weighted by Gasteiger charge is -2.09. The van der Waals surface area contributed by atoms with Crippen LogP contribution in [0.4, 0.5) is 5.69 Å². The van der Waals surface area contributed by atoms with Gasteiger partial charge in [-0.3, -0.25) is 0 Å². The molecule has 0 aliphatic carbocycles. The van der Waals surface area contributed by atoms with Gasteiger partial charge in [0, 0.05) is 21.6 Å². The number of nitrogens with one attached hydrogen (secondary N) is 1. The molecular weight excluding hydrogens is 330 g/mol. The first kappa shape index (κ1) is 16.1. The zero-order chi connectivity index (χ0) is 14.4. The number of carbonyl (C=O) groups is 1. The predicted octanol–water partition coefficient (Wildman–Crippen LogP) is 4.33. The number of hydrogen-bond acceptors (Lipinski definition) is 3. The molecule has 1 aromatic carbocycles. The van der Waals surface area contributed by atoms with E-state index in [1.165, 1.54) is 7.11 Å². The van der Waals surface area contributed by atoms with Gasteiger partial charge in [0.2, 0.25) is 0 Å². The first-order valence-electron chi connectivity index (χ1n) is 5.96. The lowest BCUT2D eigenvalue weighted by molar-refractivity contribution is -0.136. The van der Waals surface area contributed by atoms with Gasteiger partial charge in [-0.05, 0) is 47.0 Å². The molecule has 19 heavy (non-hydrogen) atoms. The Labute approximate surface area is 127 Å². The minimum Gasteiger partial charge on any atom is -0.466 e. The normalized spacial score (nSPS) is 11.3. The van der Waals surface area contributed by atoms with E-state index in [1.807, 2.05) is 32.1 Å². The highest BCUT2D eigenvalue weighted by atomic mass is 79.9. The maximum Gasteiger partial charge on any atom is 0.333 e. The number of methoxy groups -OCH3 is 1. The largest absolute Gasteiger partial charge is 0.466 e. The van der Waals surface area contributed by atoms with E-state index >= 15 is 0 Å². The maximum atomic E-state index is 11.4. The molecular formula is C14H17BrClNO2. The van der Waals surface area contributed by atoms with Crippen LogP contribution in [0.25, 0.3) is 0 Å². The van der Waals surface area contributed by atoms with Gasteiger partial charge in [-0.2, -0.15) is 0 Å². The minimum absolute atomic E-state index is 0.287. The van der Waals surface area contributed by atoms with Crippen LogP contribution in [0.1, 0.15) is 18.9 Å². The van der Waals surface area contributed by atoms with Crippen molar-refractivity contribution in [2.24, 2.45) is 0 Å². The number of hydrogen-bond donors (Lipinski definition) is 1. The molecule has 1 N–H and O–H groups in total. The van der Waals surface area contributed by atoms with Crippen molar-refractivity contribution in [3.8, 4) is 0 Å². The van der Waals surface area contributed by atoms with Crippen LogP contribution in [0.15, 0.2) is 28.3 Å². The smallest absolute Gasteiger partial charge is 0.333 e. The van der Waals surface area contributed by atoms with E-state index in [4.69, 9.17) is 16.3 Å². The van der Waals surface area contributed by atoms with E-state index in [-0.39, 0.29) is 5.97 Å². The molecule has 0 aromatic heterocycles. The Morgan fingerprint density at radius 1 is 1.53 bits per heavy atom. The highest BCUT2D eigenvalue weighted by Gasteiger charge is 2.07. The fourth-order valence-corrected chi connectivity index (χ4v) is 2.33. The second-order valence-corrected chi connectivity index (χ2v) is 5.30. The molecule has 0 unspecified atom stereocenters. The molecule has 104 valence electrons. The average molecular weight is 347 g/mol. The van der Waals surface area contributed by atoms with E-state index in [9.17, 15) is 4.79 Å². The van der Waals surface area contributed by atoms with E-state index in [1.54, 1.807) is 0 Å². The molecule has 0 aliphatic heterocycles. The van der Waals surface area contributed by atoms with Crippen LogP contribution < -0.4 is 5.32 Å². The Bertz CT molecular complexity index is 500. The summed E-state index contributed by atoms with van der Waals surface area (Å²) < 4.78 is 5.64. The summed E-state index contributed by atoms with van der Waals surface area (Å²) >= 11 is 9.55. The van der Waals surface area contributed by atoms with Gasteiger partial charge in [-0.1, -0.05) is 24.6 Å². The van der Waals surface area contributed by atoms with E-state index in [0.29, 0.717) is 23.6 Å². The van der Waals surface area contributed by atoms with Crippen molar-refractivity contribution in [3.63, 3.8) is 0 Å². The SMILES string of the molecule is CC/C(=C/CNc1cc(Cl)c(C)cc1Br)C(=O)OC. The molecule has 0 amide bonds. The summed E-state index contributed by atoms with van der Waals surface area (Å²) in [5.74, 6) is -0.287. The molecule has 0 saturated heterocycles. The van der Waals surface area contributed by atoms with E-state index in [2.05, 4.69) is 21.2 Å². The number of ether oxygens (including phenoxy) is 1. The Hall–Kier alpha value is -1.00. The number of esters is 1. The quantitative estimate of drug-likeness (QED) is 0.637. The highest BCUT2D eigenvalue weighted by molar-refractivity contribution is 9.10. The molecule has 0 saturated carbocycles. The van der Waals surface area contributed by atoms with Crippen molar-refractivity contribution in [2.75, 3.05) is 19.0 Å². The Morgan fingerprint density at radius 2 is 2.21 bits per heavy atom. The fourth-order valence-electron chi connectivity index (χ4n) is 1.57. The standard InChI is InChI=1S/C14H17BrClNO2/c1-4-10(14(18)19-3)5-6-17-13-8-12(16)9(2)7-11(13)15/h5,7-8,17H,4,6H2,1-3H3/b10-5-. The maximum absolute atomic E-state index is 11.4. The summed E-state index contributed by atoms with van der Waals surface area (Å²) in [6.45, 7) is 4.40. The number of aryl methyl sites for hydroxylation is 1. The van der Waals surface area contributed by atoms with Gasteiger partial charge < -0.3 is 10.1 Å². The second kappa shape index (κ2) is 7.56. The minimum atomic E-state index is -0.287. The van der Waals surface area contributed by atoms with Gasteiger partial charge in [0.1, 0.15) is 0 Å². The van der Waals surface area contributed by atoms with Crippen molar-refractivity contribution in [1.82, 2.24) is 0 Å². The van der Waals surface area contributed by atoms with Crippen LogP contribution >= 0.6 is 27.5 Å². The lowest BCUT2D eigenvalue weighted by atomic mass is 10.2.